The smallest absolute Gasteiger partial charge is 0.348 e. The van der Waals surface area contributed by atoms with E-state index < -0.39 is 17.8 Å². The van der Waals surface area contributed by atoms with Crippen LogP contribution in [0.4, 0.5) is 4.39 Å². The molecule has 2 rings (SSSR count). The molecule has 0 unspecified atom stereocenters. The second-order valence-corrected chi connectivity index (χ2v) is 4.60. The van der Waals surface area contributed by atoms with E-state index in [-0.39, 0.29) is 11.1 Å². The molecule has 0 aliphatic carbocycles. The number of halogens is 1. The van der Waals surface area contributed by atoms with Crippen LogP contribution in [-0.4, -0.2) is 24.2 Å². The Morgan fingerprint density at radius 3 is 2.68 bits per heavy atom. The molecule has 0 amide bonds. The number of carbonyl (C=O) groups is 2. The molecule has 0 saturated heterocycles. The first kappa shape index (κ1) is 13.2. The highest BCUT2D eigenvalue weighted by atomic mass is 32.1. The summed E-state index contributed by atoms with van der Waals surface area (Å²) in [6, 6.07) is 4.90. The first-order valence-corrected chi connectivity index (χ1v) is 6.11. The Kier molecular flexibility index (Phi) is 3.62. The van der Waals surface area contributed by atoms with Gasteiger partial charge < -0.3 is 9.84 Å². The number of ether oxygens (including phenoxy) is 1. The topological polar surface area (TPSA) is 63.6 Å². The average molecular weight is 280 g/mol. The van der Waals surface area contributed by atoms with Gasteiger partial charge >= 0.3 is 11.9 Å². The molecular formula is C13H9FO4S. The second kappa shape index (κ2) is 5.19. The van der Waals surface area contributed by atoms with Crippen LogP contribution in [0.15, 0.2) is 29.6 Å². The molecule has 0 bridgehead atoms. The van der Waals surface area contributed by atoms with Gasteiger partial charge in [0, 0.05) is 0 Å². The Labute approximate surface area is 112 Å². The van der Waals surface area contributed by atoms with Crippen LogP contribution in [0, 0.1) is 5.82 Å². The van der Waals surface area contributed by atoms with Crippen molar-refractivity contribution in [3.63, 3.8) is 0 Å². The van der Waals surface area contributed by atoms with Crippen molar-refractivity contribution in [2.24, 2.45) is 0 Å². The monoisotopic (exact) mass is 280 g/mol. The van der Waals surface area contributed by atoms with Crippen LogP contribution in [0.5, 0.6) is 0 Å². The van der Waals surface area contributed by atoms with E-state index >= 15 is 0 Å². The van der Waals surface area contributed by atoms with Gasteiger partial charge in [-0.15, -0.1) is 11.3 Å². The molecule has 0 radical (unpaired) electrons. The fourth-order valence-electron chi connectivity index (χ4n) is 1.63. The summed E-state index contributed by atoms with van der Waals surface area (Å²) in [7, 11) is 1.26. The molecule has 1 N–H and O–H groups in total. The summed E-state index contributed by atoms with van der Waals surface area (Å²) >= 11 is 1.11. The molecular weight excluding hydrogens is 271 g/mol. The minimum Gasteiger partial charge on any atom is -0.478 e. The van der Waals surface area contributed by atoms with Crippen molar-refractivity contribution in [1.82, 2.24) is 0 Å². The number of rotatable bonds is 3. The van der Waals surface area contributed by atoms with Gasteiger partial charge in [0.15, 0.2) is 0 Å². The largest absolute Gasteiger partial charge is 0.478 e. The molecule has 19 heavy (non-hydrogen) atoms. The van der Waals surface area contributed by atoms with Crippen LogP contribution >= 0.6 is 11.3 Å². The quantitative estimate of drug-likeness (QED) is 0.878. The molecule has 0 aliphatic heterocycles. The lowest BCUT2D eigenvalue weighted by Crippen LogP contribution is -2.00. The second-order valence-electron chi connectivity index (χ2n) is 3.69. The zero-order chi connectivity index (χ0) is 14.0. The van der Waals surface area contributed by atoms with Crippen molar-refractivity contribution >= 4 is 23.3 Å². The Hall–Kier alpha value is -2.21. The number of carboxylic acids is 1. The summed E-state index contributed by atoms with van der Waals surface area (Å²) in [6.07, 6.45) is 0. The number of carbonyl (C=O) groups excluding carboxylic acids is 1. The zero-order valence-corrected chi connectivity index (χ0v) is 10.7. The normalized spacial score (nSPS) is 10.2. The Morgan fingerprint density at radius 2 is 2.05 bits per heavy atom. The lowest BCUT2D eigenvalue weighted by atomic mass is 10.0. The summed E-state index contributed by atoms with van der Waals surface area (Å²) in [5.41, 5.74) is 0.691. The highest BCUT2D eigenvalue weighted by Crippen LogP contribution is 2.29. The van der Waals surface area contributed by atoms with Crippen LogP contribution in [0.3, 0.4) is 0 Å². The first-order chi connectivity index (χ1) is 9.02. The molecule has 98 valence electrons. The molecule has 0 atom stereocenters. The van der Waals surface area contributed by atoms with E-state index in [1.165, 1.54) is 19.2 Å². The van der Waals surface area contributed by atoms with Gasteiger partial charge in [0.25, 0.3) is 0 Å². The van der Waals surface area contributed by atoms with Crippen molar-refractivity contribution in [2.75, 3.05) is 7.11 Å². The molecule has 6 heteroatoms. The highest BCUT2D eigenvalue weighted by Gasteiger charge is 2.16. The molecule has 0 saturated carbocycles. The minimum atomic E-state index is -1.15. The third-order valence-corrected chi connectivity index (χ3v) is 3.42. The van der Waals surface area contributed by atoms with Gasteiger partial charge in [-0.25, -0.2) is 14.0 Å². The fraction of sp³-hybridized carbons (Fsp3) is 0.0769. The molecule has 0 spiro atoms. The van der Waals surface area contributed by atoms with Gasteiger partial charge in [-0.05, 0) is 40.8 Å². The number of hydrogen-bond donors (Lipinski definition) is 1. The zero-order valence-electron chi connectivity index (χ0n) is 9.84. The SMILES string of the molecule is COC(=O)c1cc(-c2cc(F)ccc2C(=O)O)cs1. The predicted molar refractivity (Wildman–Crippen MR) is 68.0 cm³/mol. The minimum absolute atomic E-state index is 0.0179. The standard InChI is InChI=1S/C13H9FO4S/c1-18-13(17)11-4-7(6-19-11)10-5-8(14)2-3-9(10)12(15)16/h2-6H,1H3,(H,15,16). The highest BCUT2D eigenvalue weighted by molar-refractivity contribution is 7.12. The number of carboxylic acid groups (broad SMARTS) is 1. The van der Waals surface area contributed by atoms with E-state index in [0.29, 0.717) is 10.4 Å². The van der Waals surface area contributed by atoms with E-state index in [1.54, 1.807) is 5.38 Å². The lowest BCUT2D eigenvalue weighted by Gasteiger charge is -2.03. The summed E-state index contributed by atoms with van der Waals surface area (Å²) in [5.74, 6) is -2.20. The lowest BCUT2D eigenvalue weighted by molar-refractivity contribution is 0.0605. The Bertz CT molecular complexity index is 648. The van der Waals surface area contributed by atoms with Gasteiger partial charge in [0.1, 0.15) is 10.7 Å². The molecule has 4 nitrogen and oxygen atoms in total. The van der Waals surface area contributed by atoms with E-state index in [0.717, 1.165) is 23.5 Å². The van der Waals surface area contributed by atoms with Crippen LogP contribution in [-0.2, 0) is 4.74 Å². The summed E-state index contributed by atoms with van der Waals surface area (Å²) < 4.78 is 17.8. The number of esters is 1. The van der Waals surface area contributed by atoms with Crippen LogP contribution in [0.25, 0.3) is 11.1 Å². The average Bonchev–Trinajstić information content (AvgIpc) is 2.86. The van der Waals surface area contributed by atoms with Gasteiger partial charge in [0.05, 0.1) is 12.7 Å². The maximum atomic E-state index is 13.2. The number of benzene rings is 1. The third-order valence-electron chi connectivity index (χ3n) is 2.51. The van der Waals surface area contributed by atoms with Crippen molar-refractivity contribution in [2.45, 2.75) is 0 Å². The number of thiophene rings is 1. The van der Waals surface area contributed by atoms with Crippen molar-refractivity contribution in [3.05, 3.63) is 45.9 Å². The van der Waals surface area contributed by atoms with E-state index in [4.69, 9.17) is 5.11 Å². The van der Waals surface area contributed by atoms with E-state index in [2.05, 4.69) is 4.74 Å². The third kappa shape index (κ3) is 2.63. The van der Waals surface area contributed by atoms with Crippen LogP contribution in [0.2, 0.25) is 0 Å². The van der Waals surface area contributed by atoms with Gasteiger partial charge in [-0.1, -0.05) is 0 Å². The molecule has 0 aliphatic rings. The Morgan fingerprint density at radius 1 is 1.32 bits per heavy atom. The molecule has 1 aromatic carbocycles. The first-order valence-electron chi connectivity index (χ1n) is 5.23. The molecule has 1 heterocycles. The number of methoxy groups -OCH3 is 1. The van der Waals surface area contributed by atoms with Gasteiger partial charge in [-0.3, -0.25) is 0 Å². The van der Waals surface area contributed by atoms with Crippen molar-refractivity contribution < 1.29 is 23.8 Å². The summed E-state index contributed by atoms with van der Waals surface area (Å²) in [5, 5.41) is 10.7. The van der Waals surface area contributed by atoms with Crippen molar-refractivity contribution in [3.8, 4) is 11.1 Å². The summed E-state index contributed by atoms with van der Waals surface area (Å²) in [4.78, 5) is 22.8. The Balaban J connectivity index is 2.52. The molecule has 0 fully saturated rings. The van der Waals surface area contributed by atoms with Crippen LogP contribution in [0.1, 0.15) is 20.0 Å². The maximum Gasteiger partial charge on any atom is 0.348 e. The summed E-state index contributed by atoms with van der Waals surface area (Å²) in [6.45, 7) is 0. The van der Waals surface area contributed by atoms with E-state index in [9.17, 15) is 14.0 Å². The number of aromatic carboxylic acids is 1. The predicted octanol–water partition coefficient (Wildman–Crippen LogP) is 3.04. The molecule has 2 aromatic rings. The van der Waals surface area contributed by atoms with Gasteiger partial charge in [-0.2, -0.15) is 0 Å². The van der Waals surface area contributed by atoms with Crippen LogP contribution < -0.4 is 0 Å². The molecule has 1 aromatic heterocycles. The van der Waals surface area contributed by atoms with Crippen molar-refractivity contribution in [1.29, 1.82) is 0 Å². The van der Waals surface area contributed by atoms with E-state index in [1.807, 2.05) is 0 Å². The fourth-order valence-corrected chi connectivity index (χ4v) is 2.45. The van der Waals surface area contributed by atoms with Gasteiger partial charge in [0.2, 0.25) is 0 Å². The number of hydrogen-bond acceptors (Lipinski definition) is 4. The maximum absolute atomic E-state index is 13.2.